The molecule has 0 aliphatic heterocycles. The van der Waals surface area contributed by atoms with Gasteiger partial charge in [0.2, 0.25) is 0 Å². The molecule has 1 aromatic carbocycles. The molecule has 0 radical (unpaired) electrons. The number of hydrogen-bond donors (Lipinski definition) is 1. The van der Waals surface area contributed by atoms with Gasteiger partial charge in [-0.05, 0) is 31.4 Å². The maximum absolute atomic E-state index is 7.70. The van der Waals surface area contributed by atoms with E-state index in [9.17, 15) is 0 Å². The molecule has 1 unspecified atom stereocenters. The van der Waals surface area contributed by atoms with Crippen molar-refractivity contribution in [2.45, 2.75) is 25.8 Å². The Bertz CT molecular complexity index is 381. The second-order valence-electron chi connectivity index (χ2n) is 2.81. The lowest BCUT2D eigenvalue weighted by Crippen LogP contribution is -2.15. The van der Waals surface area contributed by atoms with E-state index in [4.69, 9.17) is 22.8 Å². The molecule has 0 heterocycles. The Morgan fingerprint density at radius 1 is 1.54 bits per heavy atom. The second kappa shape index (κ2) is 6.25. The van der Waals surface area contributed by atoms with Crippen molar-refractivity contribution in [3.05, 3.63) is 34.8 Å². The van der Waals surface area contributed by atoms with Crippen molar-refractivity contribution in [2.24, 2.45) is 5.73 Å². The lowest BCUT2D eigenvalue weighted by Gasteiger charge is -2.05. The first-order valence-corrected chi connectivity index (χ1v) is 4.24. The Hall–Kier alpha value is -0.240. The van der Waals surface area contributed by atoms with Crippen molar-refractivity contribution in [1.82, 2.24) is 0 Å². The summed E-state index contributed by atoms with van der Waals surface area (Å²) in [6.45, 7) is 1.85. The fourth-order valence-corrected chi connectivity index (χ4v) is 1.06. The van der Waals surface area contributed by atoms with Crippen LogP contribution < -0.4 is 5.73 Å². The number of hydrogen-bond acceptors (Lipinski definition) is 1. The molecule has 0 bridgehead atoms. The fraction of sp³-hybridized carbons (Fsp3) is 0.400. The average molecular weight is 224 g/mol. The lowest BCUT2D eigenvalue weighted by atomic mass is 10.1. The highest BCUT2D eigenvalue weighted by atomic mass is 35.5. The summed E-state index contributed by atoms with van der Waals surface area (Å²) in [7, 11) is 0. The van der Waals surface area contributed by atoms with Crippen molar-refractivity contribution in [3.8, 4) is 0 Å². The van der Waals surface area contributed by atoms with Crippen molar-refractivity contribution in [3.63, 3.8) is 0 Å². The summed E-state index contributed by atoms with van der Waals surface area (Å²) in [5, 5.41) is 0.103. The van der Waals surface area contributed by atoms with Crippen molar-refractivity contribution >= 4 is 24.0 Å². The third-order valence-corrected chi connectivity index (χ3v) is 1.89. The van der Waals surface area contributed by atoms with Crippen molar-refractivity contribution < 1.29 is 5.48 Å². The first-order chi connectivity index (χ1) is 7.36. The molecule has 0 saturated carbocycles. The van der Waals surface area contributed by atoms with E-state index in [1.807, 2.05) is 6.92 Å². The summed E-state index contributed by atoms with van der Waals surface area (Å²) in [5.41, 5.74) is 6.06. The maximum Gasteiger partial charge on any atom is 0.0639 e. The van der Waals surface area contributed by atoms with Crippen LogP contribution in [0.25, 0.3) is 0 Å². The van der Waals surface area contributed by atoms with Crippen LogP contribution in [0.5, 0.6) is 0 Å². The summed E-state index contributed by atoms with van der Waals surface area (Å²) in [6, 6.07) is -0.794. The van der Waals surface area contributed by atoms with Gasteiger partial charge in [-0.25, -0.2) is 0 Å². The van der Waals surface area contributed by atoms with E-state index in [0.29, 0.717) is 18.4 Å². The van der Waals surface area contributed by atoms with E-state index in [-0.39, 0.29) is 47.6 Å². The quantitative estimate of drug-likeness (QED) is 0.838. The highest BCUT2D eigenvalue weighted by Crippen LogP contribution is 2.16. The molecule has 0 spiro atoms. The second-order valence-corrected chi connectivity index (χ2v) is 3.19. The minimum Gasteiger partial charge on any atom is -0.328 e. The van der Waals surface area contributed by atoms with E-state index in [0.717, 1.165) is 0 Å². The zero-order chi connectivity index (χ0) is 12.5. The molecule has 0 aliphatic carbocycles. The predicted molar refractivity (Wildman–Crippen MR) is 60.7 cm³/mol. The highest BCUT2D eigenvalue weighted by Gasteiger charge is 2.00. The van der Waals surface area contributed by atoms with E-state index in [2.05, 4.69) is 0 Å². The number of rotatable bonds is 3. The Balaban J connectivity index is 0.00000256. The molecule has 3 heteroatoms. The summed E-state index contributed by atoms with van der Waals surface area (Å²) < 4.78 is 30.2. The monoisotopic (exact) mass is 223 g/mol. The summed E-state index contributed by atoms with van der Waals surface area (Å²) in [4.78, 5) is 0. The normalized spacial score (nSPS) is 16.2. The Labute approximate surface area is 96.3 Å². The average Bonchev–Trinajstić information content (AvgIpc) is 2.23. The van der Waals surface area contributed by atoms with E-state index in [1.165, 1.54) is 0 Å². The SMILES string of the molecule is Cl.[2H]c1c([2H])c([2H])c(CCC(C)N)c(Cl)c1[2H]. The predicted octanol–water partition coefficient (Wildman–Crippen LogP) is 3.04. The van der Waals surface area contributed by atoms with Gasteiger partial charge in [0.25, 0.3) is 0 Å². The van der Waals surface area contributed by atoms with Gasteiger partial charge in [-0.1, -0.05) is 29.7 Å². The van der Waals surface area contributed by atoms with Gasteiger partial charge < -0.3 is 5.73 Å². The highest BCUT2D eigenvalue weighted by molar-refractivity contribution is 6.31. The standard InChI is InChI=1S/C10H14ClN.ClH/c1-8(12)6-7-9-4-2-3-5-10(9)11;/h2-5,8H,6-7,12H2,1H3;1H/i2D,3D,4D,5D;. The minimum absolute atomic E-state index is 0. The molecule has 0 amide bonds. The molecule has 1 nitrogen and oxygen atoms in total. The van der Waals surface area contributed by atoms with Gasteiger partial charge >= 0.3 is 0 Å². The molecule has 2 N–H and O–H groups in total. The van der Waals surface area contributed by atoms with Crippen LogP contribution in [0.15, 0.2) is 24.2 Å². The summed E-state index contributed by atoms with van der Waals surface area (Å²) in [6.07, 6.45) is 1.11. The van der Waals surface area contributed by atoms with E-state index >= 15 is 0 Å². The zero-order valence-corrected chi connectivity index (χ0v) is 8.93. The molecule has 1 rings (SSSR count). The van der Waals surface area contributed by atoms with Crippen LogP contribution in [0.3, 0.4) is 0 Å². The first-order valence-electron chi connectivity index (χ1n) is 5.86. The van der Waals surface area contributed by atoms with Gasteiger partial charge in [-0.3, -0.25) is 0 Å². The number of nitrogens with two attached hydrogens (primary N) is 1. The molecule has 0 saturated heterocycles. The smallest absolute Gasteiger partial charge is 0.0639 e. The van der Waals surface area contributed by atoms with Gasteiger partial charge in [0.05, 0.1) is 5.48 Å². The molecule has 0 fully saturated rings. The van der Waals surface area contributed by atoms with Gasteiger partial charge in [-0.2, -0.15) is 0 Å². The van der Waals surface area contributed by atoms with Crippen LogP contribution in [0.2, 0.25) is 5.02 Å². The zero-order valence-electron chi connectivity index (χ0n) is 11.4. The van der Waals surface area contributed by atoms with Crippen LogP contribution in [0.4, 0.5) is 0 Å². The third-order valence-electron chi connectivity index (χ3n) is 1.56. The van der Waals surface area contributed by atoms with Crippen LogP contribution in [-0.2, 0) is 6.42 Å². The van der Waals surface area contributed by atoms with Crippen LogP contribution >= 0.6 is 24.0 Å². The third kappa shape index (κ3) is 4.51. The molecule has 74 valence electrons. The number of benzene rings is 1. The van der Waals surface area contributed by atoms with Crippen LogP contribution in [0.1, 0.15) is 24.4 Å². The van der Waals surface area contributed by atoms with Gasteiger partial charge in [0.15, 0.2) is 0 Å². The lowest BCUT2D eigenvalue weighted by molar-refractivity contribution is 0.666. The Kier molecular flexibility index (Phi) is 3.42. The van der Waals surface area contributed by atoms with Gasteiger partial charge in [0.1, 0.15) is 0 Å². The Morgan fingerprint density at radius 2 is 2.15 bits per heavy atom. The first kappa shape index (κ1) is 7.10. The molecule has 1 atom stereocenters. The summed E-state index contributed by atoms with van der Waals surface area (Å²) >= 11 is 5.91. The topological polar surface area (TPSA) is 26.0 Å². The molecule has 1 aromatic rings. The van der Waals surface area contributed by atoms with Gasteiger partial charge in [0, 0.05) is 11.1 Å². The number of halogens is 2. The molecular weight excluding hydrogens is 205 g/mol. The summed E-state index contributed by atoms with van der Waals surface area (Å²) in [5.74, 6) is 0. The largest absolute Gasteiger partial charge is 0.328 e. The molecule has 13 heavy (non-hydrogen) atoms. The van der Waals surface area contributed by atoms with Crippen molar-refractivity contribution in [2.75, 3.05) is 0 Å². The maximum atomic E-state index is 7.70. The molecular formula is C10H15Cl2N. The fourth-order valence-electron chi connectivity index (χ4n) is 0.867. The molecule has 0 aliphatic rings. The van der Waals surface area contributed by atoms with Gasteiger partial charge in [-0.15, -0.1) is 12.4 Å². The van der Waals surface area contributed by atoms with E-state index in [1.54, 1.807) is 0 Å². The van der Waals surface area contributed by atoms with Crippen LogP contribution in [0, 0.1) is 0 Å². The Morgan fingerprint density at radius 3 is 2.77 bits per heavy atom. The van der Waals surface area contributed by atoms with Crippen LogP contribution in [-0.4, -0.2) is 6.04 Å². The molecule has 0 aromatic heterocycles. The van der Waals surface area contributed by atoms with E-state index < -0.39 is 0 Å². The van der Waals surface area contributed by atoms with Crippen molar-refractivity contribution in [1.29, 1.82) is 0 Å². The minimum atomic E-state index is -0.292.